The standard InChI is InChI=1S/C39H36F3N3O2/c40-39(41,42)38(47)45(27-31-20-22-43-36-19-11-10-18-34(31)36)32-21-23-44(33(26-32)24-28-12-4-1-5-13-28)37(46)35(30-16-8-3-9-17-30)25-29-14-6-2-7-15-29/h1-20,22,32-33,35H,21,23-27H2/t32-,33+,35?/m0/s1. The van der Waals surface area contributed by atoms with Gasteiger partial charge in [0.25, 0.3) is 0 Å². The molecular weight excluding hydrogens is 599 g/mol. The van der Waals surface area contributed by atoms with Crippen LogP contribution < -0.4 is 0 Å². The van der Waals surface area contributed by atoms with Gasteiger partial charge in [0.05, 0.1) is 11.4 Å². The highest BCUT2D eigenvalue weighted by Gasteiger charge is 2.47. The number of alkyl halides is 3. The molecule has 0 bridgehead atoms. The number of likely N-dealkylation sites (tertiary alicyclic amines) is 1. The minimum absolute atomic E-state index is 0.0618. The largest absolute Gasteiger partial charge is 0.471 e. The molecular formula is C39H36F3N3O2. The predicted molar refractivity (Wildman–Crippen MR) is 176 cm³/mol. The third-order valence-electron chi connectivity index (χ3n) is 9.09. The molecule has 0 aliphatic carbocycles. The maximum atomic E-state index is 14.6. The highest BCUT2D eigenvalue weighted by Crippen LogP contribution is 2.33. The number of pyridine rings is 1. The number of aromatic nitrogens is 1. The van der Waals surface area contributed by atoms with Crippen LogP contribution in [0.25, 0.3) is 10.9 Å². The molecule has 0 saturated carbocycles. The Bertz CT molecular complexity index is 1790. The molecule has 2 heterocycles. The van der Waals surface area contributed by atoms with Gasteiger partial charge in [0, 0.05) is 36.8 Å². The highest BCUT2D eigenvalue weighted by molar-refractivity contribution is 5.86. The van der Waals surface area contributed by atoms with E-state index in [0.717, 1.165) is 21.6 Å². The molecule has 1 aliphatic rings. The van der Waals surface area contributed by atoms with E-state index in [9.17, 15) is 22.8 Å². The number of benzene rings is 4. The molecule has 2 amide bonds. The minimum atomic E-state index is -5.04. The predicted octanol–water partition coefficient (Wildman–Crippen LogP) is 7.75. The van der Waals surface area contributed by atoms with E-state index in [4.69, 9.17) is 0 Å². The van der Waals surface area contributed by atoms with Gasteiger partial charge in [0.15, 0.2) is 0 Å². The number of amides is 2. The molecule has 0 N–H and O–H groups in total. The monoisotopic (exact) mass is 635 g/mol. The Balaban J connectivity index is 1.34. The molecule has 1 unspecified atom stereocenters. The van der Waals surface area contributed by atoms with Crippen molar-refractivity contribution >= 4 is 22.7 Å². The first-order valence-corrected chi connectivity index (χ1v) is 15.9. The van der Waals surface area contributed by atoms with Crippen molar-refractivity contribution in [2.75, 3.05) is 6.54 Å². The Hall–Kier alpha value is -4.98. The fourth-order valence-corrected chi connectivity index (χ4v) is 6.77. The summed E-state index contributed by atoms with van der Waals surface area (Å²) in [5, 5.41) is 0.704. The van der Waals surface area contributed by atoms with E-state index in [1.807, 2.05) is 114 Å². The van der Waals surface area contributed by atoms with Gasteiger partial charge in [0.2, 0.25) is 5.91 Å². The molecule has 1 fully saturated rings. The summed E-state index contributed by atoms with van der Waals surface area (Å²) in [7, 11) is 0. The molecule has 3 atom stereocenters. The number of carbonyl (C=O) groups excluding carboxylic acids is 2. The van der Waals surface area contributed by atoms with Crippen LogP contribution in [0, 0.1) is 0 Å². The summed E-state index contributed by atoms with van der Waals surface area (Å²) in [5.74, 6) is -2.40. The van der Waals surface area contributed by atoms with Crippen LogP contribution in [-0.4, -0.2) is 51.4 Å². The molecule has 1 aliphatic heterocycles. The van der Waals surface area contributed by atoms with Crippen molar-refractivity contribution in [3.05, 3.63) is 150 Å². The Morgan fingerprint density at radius 1 is 0.809 bits per heavy atom. The van der Waals surface area contributed by atoms with Gasteiger partial charge >= 0.3 is 12.1 Å². The molecule has 8 heteroatoms. The summed E-state index contributed by atoms with van der Waals surface area (Å²) in [6.07, 6.45) is -2.08. The van der Waals surface area contributed by atoms with Gasteiger partial charge in [-0.25, -0.2) is 0 Å². The number of hydrogen-bond donors (Lipinski definition) is 0. The zero-order valence-electron chi connectivity index (χ0n) is 25.9. The number of rotatable bonds is 9. The third kappa shape index (κ3) is 7.54. The number of halogens is 3. The maximum Gasteiger partial charge on any atom is 0.471 e. The Morgan fingerprint density at radius 2 is 1.43 bits per heavy atom. The van der Waals surface area contributed by atoms with E-state index in [1.54, 1.807) is 18.3 Å². The van der Waals surface area contributed by atoms with Gasteiger partial charge in [0.1, 0.15) is 0 Å². The third-order valence-corrected chi connectivity index (χ3v) is 9.09. The van der Waals surface area contributed by atoms with E-state index in [1.165, 1.54) is 0 Å². The number of hydrogen-bond acceptors (Lipinski definition) is 3. The van der Waals surface area contributed by atoms with Gasteiger partial charge in [-0.05, 0) is 60.1 Å². The van der Waals surface area contributed by atoms with E-state index >= 15 is 0 Å². The molecule has 5 aromatic rings. The SMILES string of the molecule is O=C(C(Cc1ccccc1)c1ccccc1)N1CC[C@H](N(Cc2ccnc3ccccc23)C(=O)C(F)(F)F)C[C@H]1Cc1ccccc1. The van der Waals surface area contributed by atoms with Gasteiger partial charge in [-0.1, -0.05) is 109 Å². The van der Waals surface area contributed by atoms with Crippen LogP contribution in [0.1, 0.15) is 41.0 Å². The lowest BCUT2D eigenvalue weighted by atomic mass is 9.86. The van der Waals surface area contributed by atoms with Gasteiger partial charge in [-0.2, -0.15) is 13.2 Å². The Labute approximate surface area is 272 Å². The zero-order chi connectivity index (χ0) is 32.8. The second-order valence-electron chi connectivity index (χ2n) is 12.1. The number of carbonyl (C=O) groups is 2. The van der Waals surface area contributed by atoms with E-state index in [0.29, 0.717) is 29.3 Å². The molecule has 0 radical (unpaired) electrons. The molecule has 1 aromatic heterocycles. The Kier molecular flexibility index (Phi) is 9.66. The number of fused-ring (bicyclic) bond motifs is 1. The average molecular weight is 636 g/mol. The van der Waals surface area contributed by atoms with Crippen molar-refractivity contribution < 1.29 is 22.8 Å². The van der Waals surface area contributed by atoms with E-state index < -0.39 is 30.1 Å². The van der Waals surface area contributed by atoms with Crippen LogP contribution in [-0.2, 0) is 29.0 Å². The molecule has 47 heavy (non-hydrogen) atoms. The normalized spacial score (nSPS) is 17.3. The topological polar surface area (TPSA) is 53.5 Å². The van der Waals surface area contributed by atoms with Crippen LogP contribution in [0.4, 0.5) is 13.2 Å². The summed E-state index contributed by atoms with van der Waals surface area (Å²) in [6.45, 7) is 0.0244. The first-order chi connectivity index (χ1) is 22.8. The molecule has 0 spiro atoms. The van der Waals surface area contributed by atoms with Crippen LogP contribution in [0.3, 0.4) is 0 Å². The van der Waals surface area contributed by atoms with Crippen molar-refractivity contribution in [3.63, 3.8) is 0 Å². The maximum absolute atomic E-state index is 14.6. The minimum Gasteiger partial charge on any atom is -0.339 e. The fourth-order valence-electron chi connectivity index (χ4n) is 6.77. The summed E-state index contributed by atoms with van der Waals surface area (Å²) >= 11 is 0. The highest BCUT2D eigenvalue weighted by atomic mass is 19.4. The number of piperidine rings is 1. The number of para-hydroxylation sites is 1. The number of nitrogens with zero attached hydrogens (tertiary/aromatic N) is 3. The van der Waals surface area contributed by atoms with Crippen LogP contribution in [0.2, 0.25) is 0 Å². The lowest BCUT2D eigenvalue weighted by Crippen LogP contribution is -2.56. The summed E-state index contributed by atoms with van der Waals surface area (Å²) in [6, 6.07) is 36.9. The van der Waals surface area contributed by atoms with Crippen LogP contribution in [0.5, 0.6) is 0 Å². The molecule has 6 rings (SSSR count). The first-order valence-electron chi connectivity index (χ1n) is 15.9. The quantitative estimate of drug-likeness (QED) is 0.166. The Morgan fingerprint density at radius 3 is 2.11 bits per heavy atom. The van der Waals surface area contributed by atoms with Gasteiger partial charge in [-0.3, -0.25) is 14.6 Å². The van der Waals surface area contributed by atoms with Crippen LogP contribution >= 0.6 is 0 Å². The lowest BCUT2D eigenvalue weighted by Gasteiger charge is -2.45. The zero-order valence-corrected chi connectivity index (χ0v) is 25.9. The summed E-state index contributed by atoms with van der Waals surface area (Å²) in [4.78, 5) is 34.8. The molecule has 5 nitrogen and oxygen atoms in total. The van der Waals surface area contributed by atoms with Crippen molar-refractivity contribution in [2.24, 2.45) is 0 Å². The molecule has 1 saturated heterocycles. The van der Waals surface area contributed by atoms with E-state index in [2.05, 4.69) is 4.98 Å². The summed E-state index contributed by atoms with van der Waals surface area (Å²) in [5.41, 5.74) is 4.13. The lowest BCUT2D eigenvalue weighted by molar-refractivity contribution is -0.190. The average Bonchev–Trinajstić information content (AvgIpc) is 3.10. The van der Waals surface area contributed by atoms with Gasteiger partial charge in [-0.15, -0.1) is 0 Å². The van der Waals surface area contributed by atoms with Gasteiger partial charge < -0.3 is 9.80 Å². The van der Waals surface area contributed by atoms with E-state index in [-0.39, 0.29) is 31.8 Å². The molecule has 4 aromatic carbocycles. The summed E-state index contributed by atoms with van der Waals surface area (Å²) < 4.78 is 42.5. The van der Waals surface area contributed by atoms with Crippen molar-refractivity contribution in [2.45, 2.75) is 56.4 Å². The van der Waals surface area contributed by atoms with Crippen molar-refractivity contribution in [1.29, 1.82) is 0 Å². The second kappa shape index (κ2) is 14.2. The van der Waals surface area contributed by atoms with Crippen molar-refractivity contribution in [1.82, 2.24) is 14.8 Å². The van der Waals surface area contributed by atoms with Crippen molar-refractivity contribution in [3.8, 4) is 0 Å². The smallest absolute Gasteiger partial charge is 0.339 e. The first kappa shape index (κ1) is 32.0. The fraction of sp³-hybridized carbons (Fsp3) is 0.256. The van der Waals surface area contributed by atoms with Crippen LogP contribution in [0.15, 0.2) is 128 Å². The second-order valence-corrected chi connectivity index (χ2v) is 12.1. The molecule has 240 valence electrons.